The van der Waals surface area contributed by atoms with Gasteiger partial charge in [-0.15, -0.1) is 0 Å². The lowest BCUT2D eigenvalue weighted by atomic mass is 10.2. The summed E-state index contributed by atoms with van der Waals surface area (Å²) in [5, 5.41) is 4.21. The van der Waals surface area contributed by atoms with E-state index in [1.165, 1.54) is 0 Å². The molecule has 1 aliphatic rings. The molecular formula is C11H18N4OS. The first kappa shape index (κ1) is 12.3. The van der Waals surface area contributed by atoms with E-state index in [0.717, 1.165) is 24.5 Å². The van der Waals surface area contributed by atoms with E-state index in [0.29, 0.717) is 17.4 Å². The van der Waals surface area contributed by atoms with Gasteiger partial charge >= 0.3 is 0 Å². The van der Waals surface area contributed by atoms with E-state index in [1.807, 2.05) is 25.7 Å². The summed E-state index contributed by atoms with van der Waals surface area (Å²) in [6.07, 6.45) is 2.77. The van der Waals surface area contributed by atoms with Crippen molar-refractivity contribution in [1.29, 1.82) is 0 Å². The van der Waals surface area contributed by atoms with Crippen molar-refractivity contribution < 1.29 is 4.79 Å². The molecule has 1 aromatic rings. The Morgan fingerprint density at radius 3 is 3.06 bits per heavy atom. The van der Waals surface area contributed by atoms with Crippen molar-refractivity contribution in [3.8, 4) is 0 Å². The van der Waals surface area contributed by atoms with Crippen LogP contribution < -0.4 is 5.73 Å². The molecule has 94 valence electrons. The van der Waals surface area contributed by atoms with E-state index in [4.69, 9.17) is 5.73 Å². The van der Waals surface area contributed by atoms with Gasteiger partial charge in [0.05, 0.1) is 5.69 Å². The van der Waals surface area contributed by atoms with Gasteiger partial charge in [-0.2, -0.15) is 16.9 Å². The molecule has 0 saturated carbocycles. The van der Waals surface area contributed by atoms with Gasteiger partial charge in [0.1, 0.15) is 0 Å². The van der Waals surface area contributed by atoms with Crippen LogP contribution in [0.3, 0.4) is 0 Å². The number of thioether (sulfide) groups is 1. The van der Waals surface area contributed by atoms with Crippen molar-refractivity contribution in [2.24, 2.45) is 0 Å². The van der Waals surface area contributed by atoms with Crippen LogP contribution in [0.1, 0.15) is 23.8 Å². The Morgan fingerprint density at radius 2 is 2.53 bits per heavy atom. The van der Waals surface area contributed by atoms with Crippen LogP contribution in [-0.2, 0) is 6.54 Å². The standard InChI is InChI=1S/C11H18N4OS/c1-3-15-6-9(12)10(13-15)11(16)14(2)8-4-5-17-7-8/h6,8H,3-5,7,12H2,1-2H3. The van der Waals surface area contributed by atoms with Gasteiger partial charge in [-0.05, 0) is 19.1 Å². The number of aromatic nitrogens is 2. The number of nitrogens with zero attached hydrogens (tertiary/aromatic N) is 3. The predicted octanol–water partition coefficient (Wildman–Crippen LogP) is 1.06. The number of rotatable bonds is 3. The molecule has 1 aromatic heterocycles. The smallest absolute Gasteiger partial charge is 0.276 e. The molecule has 2 rings (SSSR count). The Hall–Kier alpha value is -1.17. The Morgan fingerprint density at radius 1 is 1.76 bits per heavy atom. The highest BCUT2D eigenvalue weighted by atomic mass is 32.2. The lowest BCUT2D eigenvalue weighted by Gasteiger charge is -2.22. The molecule has 0 spiro atoms. The minimum absolute atomic E-state index is 0.0674. The Kier molecular flexibility index (Phi) is 3.61. The van der Waals surface area contributed by atoms with E-state index in [2.05, 4.69) is 5.10 Å². The van der Waals surface area contributed by atoms with Crippen molar-refractivity contribution in [2.45, 2.75) is 25.9 Å². The van der Waals surface area contributed by atoms with Gasteiger partial charge in [-0.3, -0.25) is 9.48 Å². The molecule has 1 unspecified atom stereocenters. The fourth-order valence-corrected chi connectivity index (χ4v) is 3.19. The molecule has 1 fully saturated rings. The third-order valence-corrected chi connectivity index (χ3v) is 4.24. The zero-order valence-corrected chi connectivity index (χ0v) is 11.0. The quantitative estimate of drug-likeness (QED) is 0.876. The van der Waals surface area contributed by atoms with E-state index in [1.54, 1.807) is 15.8 Å². The Bertz CT molecular complexity index is 412. The van der Waals surface area contributed by atoms with Gasteiger partial charge in [0, 0.05) is 31.6 Å². The first-order valence-corrected chi connectivity index (χ1v) is 6.96. The fraction of sp³-hybridized carbons (Fsp3) is 0.636. The average Bonchev–Trinajstić information content (AvgIpc) is 2.95. The van der Waals surface area contributed by atoms with Crippen LogP contribution in [-0.4, -0.2) is 45.2 Å². The Balaban J connectivity index is 2.14. The summed E-state index contributed by atoms with van der Waals surface area (Å²) in [5.41, 5.74) is 6.67. The monoisotopic (exact) mass is 254 g/mol. The van der Waals surface area contributed by atoms with Gasteiger partial charge in [0.15, 0.2) is 5.69 Å². The number of hydrogen-bond donors (Lipinski definition) is 1. The molecule has 1 amide bonds. The molecule has 1 aliphatic heterocycles. The van der Waals surface area contributed by atoms with Gasteiger partial charge < -0.3 is 10.6 Å². The lowest BCUT2D eigenvalue weighted by Crippen LogP contribution is -2.37. The summed E-state index contributed by atoms with van der Waals surface area (Å²) in [5.74, 6) is 2.07. The normalized spacial score (nSPS) is 19.5. The number of nitrogen functional groups attached to an aromatic ring is 1. The van der Waals surface area contributed by atoms with Crippen LogP contribution >= 0.6 is 11.8 Å². The van der Waals surface area contributed by atoms with Gasteiger partial charge in [-0.25, -0.2) is 0 Å². The summed E-state index contributed by atoms with van der Waals surface area (Å²) < 4.78 is 1.69. The first-order chi connectivity index (χ1) is 8.13. The molecular weight excluding hydrogens is 236 g/mol. The molecule has 0 aliphatic carbocycles. The summed E-state index contributed by atoms with van der Waals surface area (Å²) in [7, 11) is 1.84. The number of carbonyl (C=O) groups is 1. The van der Waals surface area contributed by atoms with Crippen molar-refractivity contribution in [3.05, 3.63) is 11.9 Å². The zero-order valence-electron chi connectivity index (χ0n) is 10.2. The van der Waals surface area contributed by atoms with Crippen molar-refractivity contribution in [2.75, 3.05) is 24.3 Å². The number of aryl methyl sites for hydroxylation is 1. The second kappa shape index (κ2) is 5.00. The highest BCUT2D eigenvalue weighted by Crippen LogP contribution is 2.23. The highest BCUT2D eigenvalue weighted by molar-refractivity contribution is 7.99. The maximum Gasteiger partial charge on any atom is 0.276 e. The molecule has 5 nitrogen and oxygen atoms in total. The highest BCUT2D eigenvalue weighted by Gasteiger charge is 2.27. The molecule has 0 aromatic carbocycles. The van der Waals surface area contributed by atoms with Crippen LogP contribution in [0.15, 0.2) is 6.20 Å². The molecule has 6 heteroatoms. The first-order valence-electron chi connectivity index (χ1n) is 5.81. The second-order valence-electron chi connectivity index (χ2n) is 4.22. The molecule has 1 atom stereocenters. The fourth-order valence-electron chi connectivity index (χ4n) is 1.93. The minimum atomic E-state index is -0.0674. The summed E-state index contributed by atoms with van der Waals surface area (Å²) >= 11 is 1.89. The van der Waals surface area contributed by atoms with Crippen LogP contribution in [0.5, 0.6) is 0 Å². The molecule has 2 N–H and O–H groups in total. The zero-order chi connectivity index (χ0) is 12.4. The van der Waals surface area contributed by atoms with E-state index in [-0.39, 0.29) is 5.91 Å². The number of carbonyl (C=O) groups excluding carboxylic acids is 1. The molecule has 2 heterocycles. The summed E-state index contributed by atoms with van der Waals surface area (Å²) in [6.45, 7) is 2.69. The molecule has 0 bridgehead atoms. The molecule has 1 saturated heterocycles. The number of amides is 1. The third-order valence-electron chi connectivity index (χ3n) is 3.09. The van der Waals surface area contributed by atoms with Gasteiger partial charge in [0.25, 0.3) is 5.91 Å². The van der Waals surface area contributed by atoms with Crippen molar-refractivity contribution in [3.63, 3.8) is 0 Å². The van der Waals surface area contributed by atoms with E-state index >= 15 is 0 Å². The van der Waals surface area contributed by atoms with Crippen molar-refractivity contribution >= 4 is 23.4 Å². The van der Waals surface area contributed by atoms with Crippen LogP contribution in [0.4, 0.5) is 5.69 Å². The number of nitrogens with two attached hydrogens (primary N) is 1. The van der Waals surface area contributed by atoms with Crippen LogP contribution in [0.2, 0.25) is 0 Å². The summed E-state index contributed by atoms with van der Waals surface area (Å²) in [4.78, 5) is 14.0. The number of hydrogen-bond acceptors (Lipinski definition) is 4. The molecule has 0 radical (unpaired) electrons. The maximum atomic E-state index is 12.2. The van der Waals surface area contributed by atoms with Crippen LogP contribution in [0, 0.1) is 0 Å². The predicted molar refractivity (Wildman–Crippen MR) is 70.1 cm³/mol. The SMILES string of the molecule is CCn1cc(N)c(C(=O)N(C)C2CCSC2)n1. The van der Waals surface area contributed by atoms with Gasteiger partial charge in [-0.1, -0.05) is 0 Å². The lowest BCUT2D eigenvalue weighted by molar-refractivity contribution is 0.0742. The Labute approximate surface area is 105 Å². The number of anilines is 1. The van der Waals surface area contributed by atoms with E-state index < -0.39 is 0 Å². The van der Waals surface area contributed by atoms with Crippen LogP contribution in [0.25, 0.3) is 0 Å². The molecule has 17 heavy (non-hydrogen) atoms. The minimum Gasteiger partial charge on any atom is -0.396 e. The third kappa shape index (κ3) is 2.41. The van der Waals surface area contributed by atoms with E-state index in [9.17, 15) is 4.79 Å². The van der Waals surface area contributed by atoms with Gasteiger partial charge in [0.2, 0.25) is 0 Å². The topological polar surface area (TPSA) is 64.2 Å². The van der Waals surface area contributed by atoms with Crippen molar-refractivity contribution in [1.82, 2.24) is 14.7 Å². The summed E-state index contributed by atoms with van der Waals surface area (Å²) in [6, 6.07) is 0.318. The maximum absolute atomic E-state index is 12.2. The largest absolute Gasteiger partial charge is 0.396 e. The second-order valence-corrected chi connectivity index (χ2v) is 5.37. The average molecular weight is 254 g/mol.